The van der Waals surface area contributed by atoms with E-state index in [1.807, 2.05) is 30.3 Å². The van der Waals surface area contributed by atoms with Gasteiger partial charge in [-0.2, -0.15) is 0 Å². The van der Waals surface area contributed by atoms with Crippen LogP contribution in [-0.4, -0.2) is 55.5 Å². The summed E-state index contributed by atoms with van der Waals surface area (Å²) in [6.07, 6.45) is 7.91. The number of aldehydes is 1. The summed E-state index contributed by atoms with van der Waals surface area (Å²) < 4.78 is 24.2. The van der Waals surface area contributed by atoms with E-state index in [0.29, 0.717) is 19.3 Å². The highest BCUT2D eigenvalue weighted by Crippen LogP contribution is 2.40. The lowest BCUT2D eigenvalue weighted by atomic mass is 9.86. The first kappa shape index (κ1) is 25.3. The van der Waals surface area contributed by atoms with E-state index in [2.05, 4.69) is 11.8 Å². The molecule has 2 aliphatic heterocycles. The molecule has 3 fully saturated rings. The van der Waals surface area contributed by atoms with Crippen LogP contribution < -0.4 is 0 Å². The molecule has 1 aliphatic carbocycles. The van der Waals surface area contributed by atoms with Gasteiger partial charge in [0.15, 0.2) is 12.6 Å². The van der Waals surface area contributed by atoms with Crippen LogP contribution >= 0.6 is 0 Å². The molecule has 1 N–H and O–H groups in total. The highest BCUT2D eigenvalue weighted by molar-refractivity contribution is 5.50. The number of hydrogen-bond donors (Lipinski definition) is 1. The van der Waals surface area contributed by atoms with Crippen LogP contribution in [-0.2, 0) is 23.7 Å². The molecular formula is C28H38O6. The molecule has 3 unspecified atom stereocenters. The first-order valence-corrected chi connectivity index (χ1v) is 13.0. The summed E-state index contributed by atoms with van der Waals surface area (Å²) in [5, 5.41) is 10.7. The van der Waals surface area contributed by atoms with Gasteiger partial charge in [-0.25, -0.2) is 0 Å². The zero-order valence-corrected chi connectivity index (χ0v) is 20.0. The molecular weight excluding hydrogens is 432 g/mol. The molecule has 2 saturated heterocycles. The molecule has 0 amide bonds. The topological polar surface area (TPSA) is 74.2 Å². The van der Waals surface area contributed by atoms with Crippen LogP contribution in [0.15, 0.2) is 30.3 Å². The van der Waals surface area contributed by atoms with E-state index in [1.165, 1.54) is 0 Å². The second-order valence-corrected chi connectivity index (χ2v) is 9.64. The zero-order chi connectivity index (χ0) is 23.6. The van der Waals surface area contributed by atoms with Gasteiger partial charge in [0.1, 0.15) is 12.4 Å². The van der Waals surface area contributed by atoms with Crippen molar-refractivity contribution in [3.8, 4) is 11.8 Å². The maximum atomic E-state index is 11.4. The molecule has 4 rings (SSSR count). The lowest BCUT2D eigenvalue weighted by molar-refractivity contribution is -0.198. The number of rotatable bonds is 9. The van der Waals surface area contributed by atoms with Crippen LogP contribution in [0.3, 0.4) is 0 Å². The fraction of sp³-hybridized carbons (Fsp3) is 0.679. The summed E-state index contributed by atoms with van der Waals surface area (Å²) in [7, 11) is 0. The predicted molar refractivity (Wildman–Crippen MR) is 128 cm³/mol. The molecule has 1 aromatic carbocycles. The number of aliphatic hydroxyl groups excluding tert-OH is 1. The smallest absolute Gasteiger partial charge is 0.159 e. The molecule has 6 nitrogen and oxygen atoms in total. The monoisotopic (exact) mass is 470 g/mol. The summed E-state index contributed by atoms with van der Waals surface area (Å²) in [5.74, 6) is 6.50. The van der Waals surface area contributed by atoms with Gasteiger partial charge in [0, 0.05) is 31.6 Å². The Hall–Kier alpha value is -1.75. The fourth-order valence-electron chi connectivity index (χ4n) is 5.37. The average Bonchev–Trinajstić information content (AvgIpc) is 3.16. The van der Waals surface area contributed by atoms with E-state index in [-0.39, 0.29) is 36.6 Å². The van der Waals surface area contributed by atoms with Crippen molar-refractivity contribution in [2.75, 3.05) is 13.2 Å². The summed E-state index contributed by atoms with van der Waals surface area (Å²) >= 11 is 0. The predicted octanol–water partition coefficient (Wildman–Crippen LogP) is 4.23. The number of carbonyl (C=O) groups is 1. The van der Waals surface area contributed by atoms with E-state index in [9.17, 15) is 9.90 Å². The van der Waals surface area contributed by atoms with Crippen molar-refractivity contribution in [2.45, 2.75) is 95.1 Å². The van der Waals surface area contributed by atoms with Crippen LogP contribution in [0.5, 0.6) is 0 Å². The van der Waals surface area contributed by atoms with E-state index in [4.69, 9.17) is 18.9 Å². The maximum absolute atomic E-state index is 11.4. The van der Waals surface area contributed by atoms with Crippen molar-refractivity contribution in [3.05, 3.63) is 35.9 Å². The standard InChI is InChI=1S/C28H38O6/c29-17-16-23-24(26(20-25(23)30)34-28-11-5-7-19-32-28)15-14-22(33-27-10-4-6-18-31-27)13-12-21-8-2-1-3-9-21/h1-3,8-9,17,22-28,30H,4-7,10-11,14-16,18-20H2/t22?,23-,24-,25+,26-,27?,28?/m1/s1. The number of benzene rings is 1. The average molecular weight is 471 g/mol. The van der Waals surface area contributed by atoms with Crippen molar-refractivity contribution in [1.29, 1.82) is 0 Å². The van der Waals surface area contributed by atoms with Gasteiger partial charge < -0.3 is 28.8 Å². The molecule has 3 aliphatic rings. The summed E-state index contributed by atoms with van der Waals surface area (Å²) in [6.45, 7) is 1.44. The van der Waals surface area contributed by atoms with E-state index in [0.717, 1.165) is 70.0 Å². The van der Waals surface area contributed by atoms with Crippen LogP contribution in [0.2, 0.25) is 0 Å². The molecule has 7 atom stereocenters. The van der Waals surface area contributed by atoms with Gasteiger partial charge >= 0.3 is 0 Å². The second-order valence-electron chi connectivity index (χ2n) is 9.64. The highest BCUT2D eigenvalue weighted by Gasteiger charge is 2.44. The normalized spacial score (nSPS) is 32.5. The van der Waals surface area contributed by atoms with Gasteiger partial charge in [0.05, 0.1) is 12.2 Å². The van der Waals surface area contributed by atoms with Crippen LogP contribution in [0.25, 0.3) is 0 Å². The van der Waals surface area contributed by atoms with Crippen LogP contribution in [0.1, 0.15) is 69.8 Å². The SMILES string of the molecule is O=CC[C@@H]1[C@@H](CCC(C#Cc2ccccc2)OC2CCCCO2)[C@H](OC2CCCCO2)C[C@@H]1O. The third kappa shape index (κ3) is 7.37. The molecule has 0 spiro atoms. The van der Waals surface area contributed by atoms with Crippen molar-refractivity contribution < 1.29 is 28.8 Å². The molecule has 0 radical (unpaired) electrons. The minimum Gasteiger partial charge on any atom is -0.393 e. The third-order valence-electron chi connectivity index (χ3n) is 7.20. The largest absolute Gasteiger partial charge is 0.393 e. The summed E-state index contributed by atoms with van der Waals surface area (Å²) in [4.78, 5) is 11.4. The number of ether oxygens (including phenoxy) is 4. The summed E-state index contributed by atoms with van der Waals surface area (Å²) in [5.41, 5.74) is 0.950. The van der Waals surface area contributed by atoms with Gasteiger partial charge in [-0.15, -0.1) is 0 Å². The molecule has 0 bridgehead atoms. The van der Waals surface area contributed by atoms with Crippen molar-refractivity contribution in [1.82, 2.24) is 0 Å². The second kappa shape index (κ2) is 13.4. The Balaban J connectivity index is 1.44. The molecule has 2 heterocycles. The highest BCUT2D eigenvalue weighted by atomic mass is 16.7. The molecule has 0 aromatic heterocycles. The number of aliphatic hydroxyl groups is 1. The Morgan fingerprint density at radius 2 is 1.76 bits per heavy atom. The molecule has 34 heavy (non-hydrogen) atoms. The Bertz CT molecular complexity index is 790. The Morgan fingerprint density at radius 1 is 1.03 bits per heavy atom. The zero-order valence-electron chi connectivity index (χ0n) is 20.0. The summed E-state index contributed by atoms with van der Waals surface area (Å²) in [6, 6.07) is 9.90. The fourth-order valence-corrected chi connectivity index (χ4v) is 5.37. The molecule has 186 valence electrons. The third-order valence-corrected chi connectivity index (χ3v) is 7.20. The Labute approximate surface area is 203 Å². The minimum absolute atomic E-state index is 0.0580. The lowest BCUT2D eigenvalue weighted by Crippen LogP contribution is -2.33. The van der Waals surface area contributed by atoms with Crippen molar-refractivity contribution >= 4 is 6.29 Å². The van der Waals surface area contributed by atoms with E-state index in [1.54, 1.807) is 0 Å². The first-order chi connectivity index (χ1) is 16.7. The maximum Gasteiger partial charge on any atom is 0.159 e. The minimum atomic E-state index is -0.541. The molecule has 1 saturated carbocycles. The quantitative estimate of drug-likeness (QED) is 0.430. The van der Waals surface area contributed by atoms with Crippen LogP contribution in [0, 0.1) is 23.7 Å². The Kier molecular flexibility index (Phi) is 9.97. The van der Waals surface area contributed by atoms with Gasteiger partial charge in [-0.05, 0) is 75.3 Å². The van der Waals surface area contributed by atoms with E-state index >= 15 is 0 Å². The van der Waals surface area contributed by atoms with E-state index < -0.39 is 6.10 Å². The molecule has 6 heteroatoms. The van der Waals surface area contributed by atoms with Gasteiger partial charge in [0.25, 0.3) is 0 Å². The van der Waals surface area contributed by atoms with Gasteiger partial charge in [-0.1, -0.05) is 30.0 Å². The first-order valence-electron chi connectivity index (χ1n) is 13.0. The molecule has 1 aromatic rings. The van der Waals surface area contributed by atoms with Gasteiger partial charge in [0.2, 0.25) is 0 Å². The Morgan fingerprint density at radius 3 is 2.44 bits per heavy atom. The van der Waals surface area contributed by atoms with Crippen molar-refractivity contribution in [2.24, 2.45) is 11.8 Å². The number of carbonyl (C=O) groups excluding carboxylic acids is 1. The van der Waals surface area contributed by atoms with Crippen LogP contribution in [0.4, 0.5) is 0 Å². The lowest BCUT2D eigenvalue weighted by Gasteiger charge is -2.31. The number of hydrogen-bond acceptors (Lipinski definition) is 6. The van der Waals surface area contributed by atoms with Crippen molar-refractivity contribution in [3.63, 3.8) is 0 Å². The van der Waals surface area contributed by atoms with Gasteiger partial charge in [-0.3, -0.25) is 0 Å².